The summed E-state index contributed by atoms with van der Waals surface area (Å²) in [7, 11) is 0. The summed E-state index contributed by atoms with van der Waals surface area (Å²) < 4.78 is 5.20. The van der Waals surface area contributed by atoms with E-state index in [-0.39, 0.29) is 22.9 Å². The molecule has 0 aliphatic carbocycles. The fourth-order valence-corrected chi connectivity index (χ4v) is 1.97. The van der Waals surface area contributed by atoms with E-state index in [2.05, 4.69) is 10.9 Å². The number of carbonyl (C=O) groups is 2. The number of benzene rings is 2. The van der Waals surface area contributed by atoms with Gasteiger partial charge in [0.05, 0.1) is 15.0 Å². The standard InChI is InChI=1S/C15H11Cl2N3O5/c16-12-6-5-11(7-13(12)17)25-8-14(21)18-19-15(22)9-1-3-10(4-2-9)20(23)24/h1-7H,8H2,(H,18,21)(H,19,22). The fraction of sp³-hybridized carbons (Fsp3) is 0.0667. The van der Waals surface area contributed by atoms with Crippen LogP contribution in [0, 0.1) is 10.1 Å². The Hall–Kier alpha value is -2.84. The maximum absolute atomic E-state index is 11.8. The average molecular weight is 384 g/mol. The van der Waals surface area contributed by atoms with Crippen LogP contribution in [0.5, 0.6) is 5.75 Å². The second-order valence-electron chi connectivity index (χ2n) is 4.67. The van der Waals surface area contributed by atoms with Crippen LogP contribution in [-0.4, -0.2) is 23.3 Å². The molecular formula is C15H11Cl2N3O5. The van der Waals surface area contributed by atoms with E-state index >= 15 is 0 Å². The van der Waals surface area contributed by atoms with Crippen LogP contribution in [0.25, 0.3) is 0 Å². The molecule has 0 spiro atoms. The van der Waals surface area contributed by atoms with Crippen LogP contribution in [-0.2, 0) is 4.79 Å². The van der Waals surface area contributed by atoms with Crippen LogP contribution in [0.2, 0.25) is 10.0 Å². The Morgan fingerprint density at radius 1 is 1.04 bits per heavy atom. The van der Waals surface area contributed by atoms with Gasteiger partial charge >= 0.3 is 0 Å². The van der Waals surface area contributed by atoms with Gasteiger partial charge in [-0.15, -0.1) is 0 Å². The molecule has 0 bridgehead atoms. The minimum absolute atomic E-state index is 0.143. The van der Waals surface area contributed by atoms with E-state index < -0.39 is 16.7 Å². The van der Waals surface area contributed by atoms with E-state index in [1.54, 1.807) is 0 Å². The van der Waals surface area contributed by atoms with E-state index in [0.29, 0.717) is 10.8 Å². The zero-order valence-electron chi connectivity index (χ0n) is 12.5. The molecule has 0 aliphatic rings. The maximum Gasteiger partial charge on any atom is 0.276 e. The third-order valence-corrected chi connectivity index (χ3v) is 3.66. The summed E-state index contributed by atoms with van der Waals surface area (Å²) in [5, 5.41) is 11.2. The Morgan fingerprint density at radius 3 is 2.32 bits per heavy atom. The minimum atomic E-state index is -0.627. The molecule has 2 aromatic rings. The molecule has 130 valence electrons. The number of nitrogens with zero attached hydrogens (tertiary/aromatic N) is 1. The number of ether oxygens (including phenoxy) is 1. The van der Waals surface area contributed by atoms with Gasteiger partial charge in [0, 0.05) is 23.8 Å². The molecule has 0 saturated heterocycles. The van der Waals surface area contributed by atoms with Crippen molar-refractivity contribution in [3.8, 4) is 5.75 Å². The highest BCUT2D eigenvalue weighted by Gasteiger charge is 2.11. The van der Waals surface area contributed by atoms with Crippen molar-refractivity contribution in [2.24, 2.45) is 0 Å². The van der Waals surface area contributed by atoms with Crippen LogP contribution < -0.4 is 15.6 Å². The number of nitro groups is 1. The van der Waals surface area contributed by atoms with E-state index in [0.717, 1.165) is 0 Å². The van der Waals surface area contributed by atoms with Gasteiger partial charge in [-0.05, 0) is 24.3 Å². The summed E-state index contributed by atoms with van der Waals surface area (Å²) in [4.78, 5) is 33.4. The summed E-state index contributed by atoms with van der Waals surface area (Å²) >= 11 is 11.6. The predicted molar refractivity (Wildman–Crippen MR) is 90.7 cm³/mol. The molecule has 0 fully saturated rings. The fourth-order valence-electron chi connectivity index (χ4n) is 1.68. The summed E-state index contributed by atoms with van der Waals surface area (Å²) in [5.41, 5.74) is 4.33. The van der Waals surface area contributed by atoms with Gasteiger partial charge in [-0.25, -0.2) is 0 Å². The van der Waals surface area contributed by atoms with E-state index in [1.807, 2.05) is 0 Å². The number of amides is 2. The quantitative estimate of drug-likeness (QED) is 0.608. The van der Waals surface area contributed by atoms with Crippen molar-refractivity contribution in [2.45, 2.75) is 0 Å². The van der Waals surface area contributed by atoms with Crippen LogP contribution in [0.3, 0.4) is 0 Å². The molecule has 2 N–H and O–H groups in total. The molecular weight excluding hydrogens is 373 g/mol. The largest absolute Gasteiger partial charge is 0.484 e. The molecule has 0 unspecified atom stereocenters. The molecule has 25 heavy (non-hydrogen) atoms. The number of hydrogen-bond donors (Lipinski definition) is 2. The lowest BCUT2D eigenvalue weighted by molar-refractivity contribution is -0.384. The zero-order chi connectivity index (χ0) is 18.4. The lowest BCUT2D eigenvalue weighted by Gasteiger charge is -2.09. The van der Waals surface area contributed by atoms with Gasteiger partial charge in [-0.3, -0.25) is 30.6 Å². The van der Waals surface area contributed by atoms with Crippen LogP contribution in [0.4, 0.5) is 5.69 Å². The maximum atomic E-state index is 11.8. The third kappa shape index (κ3) is 5.33. The second-order valence-corrected chi connectivity index (χ2v) is 5.49. The minimum Gasteiger partial charge on any atom is -0.484 e. The molecule has 10 heteroatoms. The van der Waals surface area contributed by atoms with Crippen LogP contribution in [0.1, 0.15) is 10.4 Å². The number of hydrazine groups is 1. The van der Waals surface area contributed by atoms with Gasteiger partial charge in [0.25, 0.3) is 17.5 Å². The molecule has 0 aliphatic heterocycles. The van der Waals surface area contributed by atoms with Crippen molar-refractivity contribution in [2.75, 3.05) is 6.61 Å². The monoisotopic (exact) mass is 383 g/mol. The van der Waals surface area contributed by atoms with Crippen molar-refractivity contribution in [1.82, 2.24) is 10.9 Å². The molecule has 8 nitrogen and oxygen atoms in total. The molecule has 2 aromatic carbocycles. The SMILES string of the molecule is O=C(COc1ccc(Cl)c(Cl)c1)NNC(=O)c1ccc([N+](=O)[O-])cc1. The van der Waals surface area contributed by atoms with Crippen molar-refractivity contribution in [3.63, 3.8) is 0 Å². The smallest absolute Gasteiger partial charge is 0.276 e. The van der Waals surface area contributed by atoms with Crippen LogP contribution in [0.15, 0.2) is 42.5 Å². The molecule has 0 atom stereocenters. The molecule has 0 heterocycles. The summed E-state index contributed by atoms with van der Waals surface area (Å²) in [6, 6.07) is 9.42. The van der Waals surface area contributed by atoms with Crippen molar-refractivity contribution < 1.29 is 19.2 Å². The van der Waals surface area contributed by atoms with Gasteiger partial charge in [0.1, 0.15) is 5.75 Å². The highest BCUT2D eigenvalue weighted by atomic mass is 35.5. The Kier molecular flexibility index (Phi) is 6.15. The van der Waals surface area contributed by atoms with E-state index in [4.69, 9.17) is 27.9 Å². The lowest BCUT2D eigenvalue weighted by atomic mass is 10.2. The first-order valence-corrected chi connectivity index (χ1v) is 7.54. The number of hydrogen-bond acceptors (Lipinski definition) is 5. The summed E-state index contributed by atoms with van der Waals surface area (Å²) in [5.74, 6) is -0.898. The molecule has 0 radical (unpaired) electrons. The van der Waals surface area contributed by atoms with Gasteiger partial charge < -0.3 is 4.74 Å². The number of carbonyl (C=O) groups excluding carboxylic acids is 2. The molecule has 2 amide bonds. The first-order valence-electron chi connectivity index (χ1n) is 6.78. The van der Waals surface area contributed by atoms with Crippen molar-refractivity contribution in [3.05, 3.63) is 68.2 Å². The molecule has 0 aromatic heterocycles. The lowest BCUT2D eigenvalue weighted by Crippen LogP contribution is -2.43. The van der Waals surface area contributed by atoms with Gasteiger partial charge in [0.2, 0.25) is 0 Å². The highest BCUT2D eigenvalue weighted by molar-refractivity contribution is 6.42. The van der Waals surface area contributed by atoms with E-state index in [9.17, 15) is 19.7 Å². The molecule has 0 saturated carbocycles. The van der Waals surface area contributed by atoms with Gasteiger partial charge in [0.15, 0.2) is 6.61 Å². The number of halogens is 2. The first-order chi connectivity index (χ1) is 11.9. The molecule has 2 rings (SSSR count). The second kappa shape index (κ2) is 8.32. The van der Waals surface area contributed by atoms with Crippen molar-refractivity contribution >= 4 is 40.7 Å². The summed E-state index contributed by atoms with van der Waals surface area (Å²) in [6.07, 6.45) is 0. The zero-order valence-corrected chi connectivity index (χ0v) is 14.0. The predicted octanol–water partition coefficient (Wildman–Crippen LogP) is 2.74. The third-order valence-electron chi connectivity index (χ3n) is 2.92. The Bertz CT molecular complexity index is 811. The number of non-ortho nitro benzene ring substituents is 1. The Balaban J connectivity index is 1.81. The Morgan fingerprint density at radius 2 is 1.72 bits per heavy atom. The Labute approximate surface area is 151 Å². The number of nitrogens with one attached hydrogen (secondary N) is 2. The normalized spacial score (nSPS) is 10.0. The van der Waals surface area contributed by atoms with Gasteiger partial charge in [-0.2, -0.15) is 0 Å². The van der Waals surface area contributed by atoms with Crippen molar-refractivity contribution in [1.29, 1.82) is 0 Å². The van der Waals surface area contributed by atoms with Gasteiger partial charge in [-0.1, -0.05) is 23.2 Å². The topological polar surface area (TPSA) is 111 Å². The summed E-state index contributed by atoms with van der Waals surface area (Å²) in [6.45, 7) is -0.363. The van der Waals surface area contributed by atoms with Crippen LogP contribution >= 0.6 is 23.2 Å². The van der Waals surface area contributed by atoms with E-state index in [1.165, 1.54) is 42.5 Å². The average Bonchev–Trinajstić information content (AvgIpc) is 2.60. The number of rotatable bonds is 5. The first kappa shape index (κ1) is 18.5. The highest BCUT2D eigenvalue weighted by Crippen LogP contribution is 2.26. The number of nitro benzene ring substituents is 1.